The number of benzene rings is 3. The minimum atomic E-state index is -0.480. The van der Waals surface area contributed by atoms with Gasteiger partial charge in [0.2, 0.25) is 0 Å². The van der Waals surface area contributed by atoms with Crippen LogP contribution in [-0.2, 0) is 0 Å². The molecule has 3 atom stereocenters. The highest BCUT2D eigenvalue weighted by molar-refractivity contribution is 8.00. The van der Waals surface area contributed by atoms with Gasteiger partial charge >= 0.3 is 0 Å². The lowest BCUT2D eigenvalue weighted by Crippen LogP contribution is -2.37. The van der Waals surface area contributed by atoms with E-state index in [1.54, 1.807) is 23.5 Å². The van der Waals surface area contributed by atoms with Crippen LogP contribution in [0.3, 0.4) is 0 Å². The summed E-state index contributed by atoms with van der Waals surface area (Å²) in [6, 6.07) is 28.5. The minimum absolute atomic E-state index is 0.117. The van der Waals surface area contributed by atoms with Crippen molar-refractivity contribution in [3.05, 3.63) is 103 Å². The third-order valence-corrected chi connectivity index (χ3v) is 8.20. The summed E-state index contributed by atoms with van der Waals surface area (Å²) in [6.07, 6.45) is 4.79. The van der Waals surface area contributed by atoms with Crippen LogP contribution in [0.4, 0.5) is 0 Å². The second-order valence-corrected chi connectivity index (χ2v) is 10.9. The molecule has 4 rings (SSSR count). The van der Waals surface area contributed by atoms with Crippen molar-refractivity contribution in [3.63, 3.8) is 0 Å². The van der Waals surface area contributed by atoms with Crippen LogP contribution in [0.5, 0.6) is 0 Å². The van der Waals surface area contributed by atoms with Crippen LogP contribution in [0.15, 0.2) is 112 Å². The molecule has 3 aromatic carbocycles. The van der Waals surface area contributed by atoms with E-state index in [2.05, 4.69) is 54.6 Å². The van der Waals surface area contributed by atoms with E-state index in [1.807, 2.05) is 49.4 Å². The summed E-state index contributed by atoms with van der Waals surface area (Å²) in [5, 5.41) is 0.117. The Balaban J connectivity index is 1.42. The fraction of sp³-hybridized carbons (Fsp3) is 0.192. The molecule has 4 heteroatoms. The first kappa shape index (κ1) is 21.3. The standard InChI is InChI=1S/C26H23ClOS2/c1-26(27)18-20(25(28)19-8-4-2-5-9-19)12-17-24(26)30-23-15-13-22(14-16-23)29-21-10-6-3-7-11-21/h2-17,20,24H,18H2,1H3. The number of hydrogen-bond acceptors (Lipinski definition) is 3. The highest BCUT2D eigenvalue weighted by Gasteiger charge is 2.38. The second-order valence-electron chi connectivity index (χ2n) is 7.63. The number of halogens is 1. The first-order chi connectivity index (χ1) is 14.5. The van der Waals surface area contributed by atoms with E-state index in [0.29, 0.717) is 6.42 Å². The summed E-state index contributed by atoms with van der Waals surface area (Å²) >= 11 is 10.4. The van der Waals surface area contributed by atoms with Gasteiger partial charge in [-0.1, -0.05) is 72.4 Å². The van der Waals surface area contributed by atoms with Crippen LogP contribution in [0, 0.1) is 5.92 Å². The monoisotopic (exact) mass is 450 g/mol. The van der Waals surface area contributed by atoms with Crippen molar-refractivity contribution in [1.29, 1.82) is 0 Å². The van der Waals surface area contributed by atoms with Crippen molar-refractivity contribution >= 4 is 40.9 Å². The zero-order chi connectivity index (χ0) is 21.0. The quantitative estimate of drug-likeness (QED) is 0.217. The Morgan fingerprint density at radius 1 is 0.833 bits per heavy atom. The van der Waals surface area contributed by atoms with Gasteiger partial charge in [0.1, 0.15) is 0 Å². The number of Topliss-reactive ketones (excluding diaryl/α,β-unsaturated/α-hetero) is 1. The molecule has 152 valence electrons. The Bertz CT molecular complexity index is 1010. The van der Waals surface area contributed by atoms with Crippen LogP contribution in [-0.4, -0.2) is 15.9 Å². The topological polar surface area (TPSA) is 17.1 Å². The zero-order valence-electron chi connectivity index (χ0n) is 16.7. The zero-order valence-corrected chi connectivity index (χ0v) is 19.1. The van der Waals surface area contributed by atoms with E-state index in [-0.39, 0.29) is 17.0 Å². The number of allylic oxidation sites excluding steroid dienone is 1. The molecule has 1 aliphatic rings. The molecule has 0 fully saturated rings. The molecule has 0 aromatic heterocycles. The number of carbonyl (C=O) groups excluding carboxylic acids is 1. The van der Waals surface area contributed by atoms with E-state index in [9.17, 15) is 4.79 Å². The SMILES string of the molecule is CC1(Cl)CC(C(=O)c2ccccc2)C=CC1Sc1ccc(Sc2ccccc2)cc1. The molecular formula is C26H23ClOS2. The Kier molecular flexibility index (Phi) is 6.72. The lowest BCUT2D eigenvalue weighted by atomic mass is 9.82. The average Bonchev–Trinajstić information content (AvgIpc) is 2.77. The van der Waals surface area contributed by atoms with E-state index in [1.165, 1.54) is 14.7 Å². The lowest BCUT2D eigenvalue weighted by Gasteiger charge is -2.35. The third kappa shape index (κ3) is 5.21. The summed E-state index contributed by atoms with van der Waals surface area (Å²) in [4.78, 5) is 16.0. The predicted molar refractivity (Wildman–Crippen MR) is 129 cm³/mol. The highest BCUT2D eigenvalue weighted by atomic mass is 35.5. The van der Waals surface area contributed by atoms with Gasteiger partial charge in [-0.3, -0.25) is 4.79 Å². The summed E-state index contributed by atoms with van der Waals surface area (Å²) < 4.78 is 0. The smallest absolute Gasteiger partial charge is 0.169 e. The van der Waals surface area contributed by atoms with Crippen molar-refractivity contribution < 1.29 is 4.79 Å². The minimum Gasteiger partial charge on any atom is -0.294 e. The molecule has 0 saturated heterocycles. The molecule has 0 heterocycles. The van der Waals surface area contributed by atoms with Gasteiger partial charge in [-0.15, -0.1) is 23.4 Å². The predicted octanol–water partition coefficient (Wildman–Crippen LogP) is 7.76. The van der Waals surface area contributed by atoms with E-state index in [4.69, 9.17) is 11.6 Å². The summed E-state index contributed by atoms with van der Waals surface area (Å²) in [5.74, 6) is -0.0270. The number of alkyl halides is 1. The third-order valence-electron chi connectivity index (χ3n) is 5.19. The molecule has 3 unspecified atom stereocenters. The number of ketones is 1. The van der Waals surface area contributed by atoms with Gasteiger partial charge in [-0.05, 0) is 49.7 Å². The molecule has 0 spiro atoms. The number of carbonyl (C=O) groups is 1. The van der Waals surface area contributed by atoms with E-state index in [0.717, 1.165) is 5.56 Å². The molecule has 0 radical (unpaired) electrons. The van der Waals surface area contributed by atoms with Crippen LogP contribution in [0.1, 0.15) is 23.7 Å². The molecule has 1 nitrogen and oxygen atoms in total. The van der Waals surface area contributed by atoms with Crippen molar-refractivity contribution in [3.8, 4) is 0 Å². The summed E-state index contributed by atoms with van der Waals surface area (Å²) in [6.45, 7) is 2.04. The van der Waals surface area contributed by atoms with Crippen LogP contribution in [0.2, 0.25) is 0 Å². The molecule has 30 heavy (non-hydrogen) atoms. The van der Waals surface area contributed by atoms with Crippen LogP contribution >= 0.6 is 35.1 Å². The molecular weight excluding hydrogens is 428 g/mol. The van der Waals surface area contributed by atoms with Crippen molar-refractivity contribution in [2.45, 2.75) is 38.2 Å². The van der Waals surface area contributed by atoms with Gasteiger partial charge in [0.05, 0.1) is 4.87 Å². The summed E-state index contributed by atoms with van der Waals surface area (Å²) in [7, 11) is 0. The fourth-order valence-electron chi connectivity index (χ4n) is 3.57. The Morgan fingerprint density at radius 2 is 1.40 bits per heavy atom. The molecule has 0 N–H and O–H groups in total. The highest BCUT2D eigenvalue weighted by Crippen LogP contribution is 2.43. The number of thioether (sulfide) groups is 1. The van der Waals surface area contributed by atoms with E-state index < -0.39 is 4.87 Å². The lowest BCUT2D eigenvalue weighted by molar-refractivity contribution is 0.0931. The first-order valence-electron chi connectivity index (χ1n) is 9.97. The molecule has 1 aliphatic carbocycles. The number of rotatable bonds is 6. The Morgan fingerprint density at radius 3 is 2.03 bits per heavy atom. The van der Waals surface area contributed by atoms with Crippen molar-refractivity contribution in [1.82, 2.24) is 0 Å². The second kappa shape index (κ2) is 9.47. The maximum atomic E-state index is 12.8. The largest absolute Gasteiger partial charge is 0.294 e. The van der Waals surface area contributed by atoms with Gasteiger partial charge in [-0.2, -0.15) is 0 Å². The normalized spacial score (nSPS) is 23.3. The molecule has 0 saturated carbocycles. The maximum Gasteiger partial charge on any atom is 0.169 e. The van der Waals surface area contributed by atoms with Crippen molar-refractivity contribution in [2.75, 3.05) is 0 Å². The Hall–Kier alpha value is -1.94. The Labute approximate surface area is 191 Å². The van der Waals surface area contributed by atoms with Gasteiger partial charge in [0.25, 0.3) is 0 Å². The van der Waals surface area contributed by atoms with Gasteiger partial charge < -0.3 is 0 Å². The average molecular weight is 451 g/mol. The summed E-state index contributed by atoms with van der Waals surface area (Å²) in [5.41, 5.74) is 0.747. The molecule has 0 amide bonds. The van der Waals surface area contributed by atoms with Crippen molar-refractivity contribution in [2.24, 2.45) is 5.92 Å². The van der Waals surface area contributed by atoms with E-state index >= 15 is 0 Å². The molecule has 3 aromatic rings. The van der Waals surface area contributed by atoms with Gasteiger partial charge in [0.15, 0.2) is 5.78 Å². The first-order valence-corrected chi connectivity index (χ1v) is 12.0. The molecule has 0 bridgehead atoms. The van der Waals surface area contributed by atoms with Crippen LogP contribution < -0.4 is 0 Å². The maximum absolute atomic E-state index is 12.8. The van der Waals surface area contributed by atoms with Gasteiger partial charge in [-0.25, -0.2) is 0 Å². The molecule has 0 aliphatic heterocycles. The van der Waals surface area contributed by atoms with Crippen LogP contribution in [0.25, 0.3) is 0 Å². The fourth-order valence-corrected chi connectivity index (χ4v) is 5.87. The van der Waals surface area contributed by atoms with Gasteiger partial charge in [0, 0.05) is 31.4 Å². The number of hydrogen-bond donors (Lipinski definition) is 0.